The lowest BCUT2D eigenvalue weighted by atomic mass is 9.96. The monoisotopic (exact) mass is 703 g/mol. The second-order valence-corrected chi connectivity index (χ2v) is 12.4. The van der Waals surface area contributed by atoms with Gasteiger partial charge in [-0.1, -0.05) is 39.7 Å². The van der Waals surface area contributed by atoms with Crippen LogP contribution in [0.25, 0.3) is 32.9 Å². The molecule has 0 radical (unpaired) electrons. The van der Waals surface area contributed by atoms with Crippen molar-refractivity contribution in [3.63, 3.8) is 0 Å². The van der Waals surface area contributed by atoms with Crippen molar-refractivity contribution < 1.29 is 28.2 Å². The number of benzene rings is 2. The summed E-state index contributed by atoms with van der Waals surface area (Å²) >= 11 is 0. The van der Waals surface area contributed by atoms with Crippen molar-refractivity contribution in [3.05, 3.63) is 47.7 Å². The maximum Gasteiger partial charge on any atom is 0.319 e. The van der Waals surface area contributed by atoms with Crippen LogP contribution in [0.5, 0.6) is 11.8 Å². The Balaban J connectivity index is 0.00000122. The zero-order valence-corrected chi connectivity index (χ0v) is 30.0. The summed E-state index contributed by atoms with van der Waals surface area (Å²) in [6.07, 6.45) is 9.13. The van der Waals surface area contributed by atoms with Gasteiger partial charge in [-0.25, -0.2) is 8.78 Å². The molecule has 3 aliphatic heterocycles. The number of phenols is 1. The van der Waals surface area contributed by atoms with E-state index in [1.807, 2.05) is 39.6 Å². The third-order valence-electron chi connectivity index (χ3n) is 9.47. The van der Waals surface area contributed by atoms with E-state index in [2.05, 4.69) is 31.4 Å². The van der Waals surface area contributed by atoms with Crippen LogP contribution in [0.15, 0.2) is 30.5 Å². The number of hydrogen-bond acceptors (Lipinski definition) is 10. The van der Waals surface area contributed by atoms with Gasteiger partial charge in [0.15, 0.2) is 5.82 Å². The highest BCUT2D eigenvalue weighted by molar-refractivity contribution is 6.03. The van der Waals surface area contributed by atoms with E-state index in [0.29, 0.717) is 49.4 Å². The Bertz CT molecular complexity index is 1920. The number of aromatic nitrogens is 3. The van der Waals surface area contributed by atoms with Crippen molar-refractivity contribution in [3.8, 4) is 35.4 Å². The molecule has 0 aliphatic carbocycles. The van der Waals surface area contributed by atoms with Crippen LogP contribution in [-0.2, 0) is 9.53 Å². The highest BCUT2D eigenvalue weighted by Gasteiger charge is 2.40. The summed E-state index contributed by atoms with van der Waals surface area (Å²) < 4.78 is 43.8. The highest BCUT2D eigenvalue weighted by atomic mass is 19.1. The molecule has 2 saturated heterocycles. The molecule has 4 aromatic rings. The molecule has 51 heavy (non-hydrogen) atoms. The van der Waals surface area contributed by atoms with Gasteiger partial charge < -0.3 is 30.1 Å². The first-order chi connectivity index (χ1) is 24.8. The molecule has 272 valence electrons. The van der Waals surface area contributed by atoms with Crippen LogP contribution in [0.4, 0.5) is 14.6 Å². The fraction of sp³-hybridized carbons (Fsp3) is 0.474. The fourth-order valence-electron chi connectivity index (χ4n) is 6.87. The number of carbonyl (C=O) groups excluding carboxylic acids is 1. The third-order valence-corrected chi connectivity index (χ3v) is 9.47. The van der Waals surface area contributed by atoms with Gasteiger partial charge in [0, 0.05) is 55.8 Å². The minimum Gasteiger partial charge on any atom is -0.508 e. The summed E-state index contributed by atoms with van der Waals surface area (Å²) in [5.74, 6) is 1.13. The first-order valence-corrected chi connectivity index (χ1v) is 17.7. The van der Waals surface area contributed by atoms with Crippen molar-refractivity contribution in [2.45, 2.75) is 58.5 Å². The van der Waals surface area contributed by atoms with Crippen molar-refractivity contribution in [2.24, 2.45) is 0 Å². The number of aromatic hydroxyl groups is 1. The van der Waals surface area contributed by atoms with Gasteiger partial charge >= 0.3 is 6.01 Å². The van der Waals surface area contributed by atoms with E-state index in [1.165, 1.54) is 30.5 Å². The van der Waals surface area contributed by atoms with Gasteiger partial charge in [-0.2, -0.15) is 9.97 Å². The van der Waals surface area contributed by atoms with Gasteiger partial charge in [-0.05, 0) is 50.0 Å². The van der Waals surface area contributed by atoms with Crippen LogP contribution in [0.1, 0.15) is 52.5 Å². The number of halogens is 2. The molecule has 2 unspecified atom stereocenters. The molecule has 2 atom stereocenters. The maximum absolute atomic E-state index is 16.8. The Morgan fingerprint density at radius 2 is 1.94 bits per heavy atom. The zero-order valence-electron chi connectivity index (χ0n) is 30.0. The number of terminal acetylenes is 1. The molecule has 1 spiro atoms. The highest BCUT2D eigenvalue weighted by Crippen LogP contribution is 2.39. The van der Waals surface area contributed by atoms with E-state index in [4.69, 9.17) is 20.9 Å². The topological polar surface area (TPSA) is 125 Å². The molecule has 3 N–H and O–H groups in total. The number of rotatable bonds is 1. The van der Waals surface area contributed by atoms with E-state index in [0.717, 1.165) is 19.4 Å². The first kappa shape index (κ1) is 37.6. The number of nitrogens with one attached hydrogen (secondary N) is 2. The summed E-state index contributed by atoms with van der Waals surface area (Å²) in [6.45, 7) is 11.7. The van der Waals surface area contributed by atoms with Crippen LogP contribution in [0.3, 0.4) is 0 Å². The molecular weight excluding hydrogens is 656 g/mol. The van der Waals surface area contributed by atoms with Gasteiger partial charge in [0.05, 0.1) is 29.7 Å². The van der Waals surface area contributed by atoms with E-state index >= 15 is 4.39 Å². The lowest BCUT2D eigenvalue weighted by Crippen LogP contribution is -2.55. The molecule has 2 aromatic heterocycles. The van der Waals surface area contributed by atoms with Crippen molar-refractivity contribution >= 4 is 33.4 Å². The van der Waals surface area contributed by atoms with Gasteiger partial charge in [-0.3, -0.25) is 14.7 Å². The molecule has 0 saturated carbocycles. The second kappa shape index (κ2) is 16.6. The Morgan fingerprint density at radius 1 is 1.14 bits per heavy atom. The molecule has 3 aliphatic rings. The number of fused-ring (bicyclic) bond motifs is 8. The van der Waals surface area contributed by atoms with E-state index < -0.39 is 17.2 Å². The number of pyridine rings is 1. The van der Waals surface area contributed by atoms with Gasteiger partial charge in [-0.15, -0.1) is 6.42 Å². The summed E-state index contributed by atoms with van der Waals surface area (Å²) in [4.78, 5) is 30.7. The summed E-state index contributed by atoms with van der Waals surface area (Å²) in [5.41, 5.74) is -0.638. The van der Waals surface area contributed by atoms with Crippen LogP contribution in [0.2, 0.25) is 0 Å². The number of nitrogens with zero attached hydrogens (tertiary/aromatic N) is 5. The van der Waals surface area contributed by atoms with E-state index in [-0.39, 0.29) is 71.1 Å². The molecule has 4 bridgehead atoms. The number of carbonyl (C=O) groups is 1. The molecule has 13 heteroatoms. The lowest BCUT2D eigenvalue weighted by molar-refractivity contribution is -0.122. The van der Waals surface area contributed by atoms with Gasteiger partial charge in [0.1, 0.15) is 35.2 Å². The summed E-state index contributed by atoms with van der Waals surface area (Å²) in [5, 5.41) is 18.1. The Morgan fingerprint density at radius 3 is 2.69 bits per heavy atom. The van der Waals surface area contributed by atoms with Crippen LogP contribution < -0.4 is 20.3 Å². The molecule has 1 amide bonds. The number of likely N-dealkylation sites (tertiary alicyclic amines) is 1. The van der Waals surface area contributed by atoms with Crippen LogP contribution >= 0.6 is 0 Å². The fourth-order valence-corrected chi connectivity index (χ4v) is 6.87. The molecule has 11 nitrogen and oxygen atoms in total. The number of amides is 1. The molecule has 5 heterocycles. The predicted molar refractivity (Wildman–Crippen MR) is 195 cm³/mol. The zero-order chi connectivity index (χ0) is 36.7. The average Bonchev–Trinajstić information content (AvgIpc) is 3.52. The number of piperazine rings is 1. The maximum atomic E-state index is 16.8. The smallest absolute Gasteiger partial charge is 0.319 e. The van der Waals surface area contributed by atoms with Crippen molar-refractivity contribution in [1.82, 2.24) is 30.5 Å². The van der Waals surface area contributed by atoms with Crippen molar-refractivity contribution in [1.29, 1.82) is 0 Å². The second-order valence-electron chi connectivity index (χ2n) is 12.4. The predicted octanol–water partition coefficient (Wildman–Crippen LogP) is 5.02. The summed E-state index contributed by atoms with van der Waals surface area (Å²) in [7, 11) is 1.99. The molecule has 7 rings (SSSR count). The van der Waals surface area contributed by atoms with Crippen molar-refractivity contribution in [2.75, 3.05) is 64.5 Å². The number of likely N-dealkylation sites (N-methyl/N-ethyl adjacent to an activating group) is 1. The first-order valence-electron chi connectivity index (χ1n) is 17.7. The Kier molecular flexibility index (Phi) is 12.2. The standard InChI is InChI=1S/C34H35F2N7O4.2C2H6/c1-3-23-26(35)6-5-20-13-22(44)14-24(28(20)23)30-29(36)31-25(15-38-30)32-41-33(40-31)47-19-34(8-4-10-42(34)2)18-39-27(45)7-12-46-17-21-16-43(32)11-9-37-21;2*1-2/h1,5-6,13-15,21,37,44H,4,7-12,16-19H2,2H3,(H,39,45);2*1-2H3. The van der Waals surface area contributed by atoms with Gasteiger partial charge in [0.25, 0.3) is 0 Å². The number of anilines is 1. The number of hydrogen-bond donors (Lipinski definition) is 3. The Hall–Kier alpha value is -4.64. The minimum absolute atomic E-state index is 0.0240. The number of phenolic OH excluding ortho intramolecular Hbond substituents is 1. The van der Waals surface area contributed by atoms with Gasteiger partial charge in [0.2, 0.25) is 5.91 Å². The average molecular weight is 704 g/mol. The summed E-state index contributed by atoms with van der Waals surface area (Å²) in [6, 6.07) is 5.34. The SMILES string of the molecule is C#Cc1c(F)ccc2cc(O)cc(-c3ncc4c5nc(nc4c3F)OCC3(CCCN3C)CNC(=O)CCOCC3CN5CCN3)c12.CC.CC. The lowest BCUT2D eigenvalue weighted by Gasteiger charge is -2.37. The molecular formula is C38H47F2N7O4. The van der Waals surface area contributed by atoms with E-state index in [9.17, 15) is 14.3 Å². The molecule has 2 aromatic carbocycles. The molecule has 2 fully saturated rings. The quantitative estimate of drug-likeness (QED) is 0.233. The minimum atomic E-state index is -0.792. The van der Waals surface area contributed by atoms with Crippen LogP contribution in [0, 0.1) is 24.0 Å². The normalized spacial score (nSPS) is 21.2. The number of ether oxygens (including phenoxy) is 2. The third kappa shape index (κ3) is 7.68. The Labute approximate surface area is 297 Å². The van der Waals surface area contributed by atoms with Crippen LogP contribution in [-0.4, -0.2) is 102 Å². The van der Waals surface area contributed by atoms with E-state index in [1.54, 1.807) is 0 Å². The largest absolute Gasteiger partial charge is 0.508 e.